The van der Waals surface area contributed by atoms with Crippen LogP contribution >= 0.6 is 0 Å². The van der Waals surface area contributed by atoms with Crippen LogP contribution in [0.4, 0.5) is 64.1 Å². The lowest BCUT2D eigenvalue weighted by Gasteiger charge is -2.09. The van der Waals surface area contributed by atoms with E-state index in [4.69, 9.17) is 5.73 Å². The van der Waals surface area contributed by atoms with Crippen LogP contribution in [0.2, 0.25) is 0 Å². The van der Waals surface area contributed by atoms with Gasteiger partial charge in [0.15, 0.2) is 17.2 Å². The van der Waals surface area contributed by atoms with Gasteiger partial charge in [0.05, 0.1) is 21.7 Å². The number of halogens is 12. The molecule has 0 aromatic carbocycles. The van der Waals surface area contributed by atoms with E-state index in [1.165, 1.54) is 0 Å². The van der Waals surface area contributed by atoms with E-state index >= 15 is 0 Å². The third-order valence-corrected chi connectivity index (χ3v) is 4.79. The first-order chi connectivity index (χ1) is 19.1. The van der Waals surface area contributed by atoms with E-state index in [0.717, 1.165) is 6.20 Å². The van der Waals surface area contributed by atoms with Gasteiger partial charge in [0.1, 0.15) is 0 Å². The van der Waals surface area contributed by atoms with Crippen molar-refractivity contribution in [2.75, 3.05) is 5.73 Å². The highest BCUT2D eigenvalue weighted by atomic mass is 19.4. The Morgan fingerprint density at radius 1 is 0.667 bits per heavy atom. The van der Waals surface area contributed by atoms with Crippen molar-refractivity contribution in [1.29, 1.82) is 0 Å². The largest absolute Gasteiger partial charge is 0.435 e. The normalized spacial score (nSPS) is 12.6. The fourth-order valence-corrected chi connectivity index (χ4v) is 2.92. The van der Waals surface area contributed by atoms with Gasteiger partial charge in [-0.1, -0.05) is 0 Å². The molecule has 0 aliphatic carbocycles. The standard InChI is InChI=1S/C10H4F6N4O2.C10H6F6N4/c11-9(12,13)5-3-6(20(21)22)8(17-4-5)19-2-1-7(18-19)10(14,15)16;11-9(12,13)5-3-6(17)8(18-4-5)20-2-1-7(19-20)10(14,15)16/h1-4H;1-4H,17H2. The Kier molecular flexibility index (Phi) is 8.14. The van der Waals surface area contributed by atoms with Crippen LogP contribution in [0, 0.1) is 10.1 Å². The molecule has 4 aromatic heterocycles. The molecular weight excluding hydrogens is 612 g/mol. The highest BCUT2D eigenvalue weighted by molar-refractivity contribution is 5.54. The number of anilines is 1. The van der Waals surface area contributed by atoms with Gasteiger partial charge in [0.2, 0.25) is 5.82 Å². The van der Waals surface area contributed by atoms with E-state index in [2.05, 4.69) is 20.2 Å². The summed E-state index contributed by atoms with van der Waals surface area (Å²) in [4.78, 5) is 16.2. The van der Waals surface area contributed by atoms with Gasteiger partial charge < -0.3 is 5.73 Å². The molecule has 4 aromatic rings. The molecule has 4 heterocycles. The molecule has 0 saturated carbocycles. The molecule has 0 amide bonds. The second-order valence-electron chi connectivity index (χ2n) is 7.74. The molecule has 0 spiro atoms. The number of nitrogens with zero attached hydrogens (tertiary/aromatic N) is 7. The van der Waals surface area contributed by atoms with Crippen LogP contribution < -0.4 is 5.73 Å². The average Bonchev–Trinajstić information content (AvgIpc) is 3.53. The topological polar surface area (TPSA) is 131 Å². The Balaban J connectivity index is 0.000000231. The van der Waals surface area contributed by atoms with Gasteiger partial charge in [0, 0.05) is 30.9 Å². The molecule has 0 aliphatic rings. The monoisotopic (exact) mass is 622 g/mol. The Morgan fingerprint density at radius 3 is 1.43 bits per heavy atom. The third kappa shape index (κ3) is 7.23. The molecular formula is C20H10F12N8O2. The zero-order valence-corrected chi connectivity index (χ0v) is 19.7. The zero-order chi connectivity index (χ0) is 31.8. The molecule has 0 aliphatic heterocycles. The zero-order valence-electron chi connectivity index (χ0n) is 19.7. The number of nitrogens with two attached hydrogens (primary N) is 1. The minimum atomic E-state index is -4.88. The Hall–Kier alpha value is -4.92. The Morgan fingerprint density at radius 2 is 1.07 bits per heavy atom. The van der Waals surface area contributed by atoms with Gasteiger partial charge in [-0.2, -0.15) is 62.9 Å². The second kappa shape index (κ2) is 10.8. The fraction of sp³-hybridized carbons (Fsp3) is 0.200. The number of aromatic nitrogens is 6. The molecule has 42 heavy (non-hydrogen) atoms. The number of pyridine rings is 2. The van der Waals surface area contributed by atoms with Crippen molar-refractivity contribution < 1.29 is 57.6 Å². The van der Waals surface area contributed by atoms with E-state index in [1.54, 1.807) is 0 Å². The molecule has 0 fully saturated rings. The van der Waals surface area contributed by atoms with Crippen LogP contribution in [0.3, 0.4) is 0 Å². The van der Waals surface area contributed by atoms with Gasteiger partial charge in [0.25, 0.3) is 0 Å². The summed E-state index contributed by atoms with van der Waals surface area (Å²) in [7, 11) is 0. The molecule has 2 N–H and O–H groups in total. The lowest BCUT2D eigenvalue weighted by molar-refractivity contribution is -0.385. The number of rotatable bonds is 3. The van der Waals surface area contributed by atoms with E-state index in [-0.39, 0.29) is 18.1 Å². The number of nitro groups is 1. The summed E-state index contributed by atoms with van der Waals surface area (Å²) in [5.74, 6) is -1.07. The first-order valence-corrected chi connectivity index (χ1v) is 10.4. The van der Waals surface area contributed by atoms with E-state index in [0.29, 0.717) is 40.0 Å². The highest BCUT2D eigenvalue weighted by Gasteiger charge is 2.37. The average molecular weight is 622 g/mol. The minimum absolute atomic E-state index is 0.178. The summed E-state index contributed by atoms with van der Waals surface area (Å²) in [6.45, 7) is 0. The van der Waals surface area contributed by atoms with E-state index < -0.39 is 69.3 Å². The van der Waals surface area contributed by atoms with Crippen molar-refractivity contribution in [2.45, 2.75) is 24.7 Å². The summed E-state index contributed by atoms with van der Waals surface area (Å²) in [5.41, 5.74) is -1.23. The van der Waals surface area contributed by atoms with Crippen molar-refractivity contribution >= 4 is 11.4 Å². The maximum Gasteiger partial charge on any atom is 0.435 e. The molecule has 0 unspecified atom stereocenters. The molecule has 4 rings (SSSR count). The minimum Gasteiger partial charge on any atom is -0.396 e. The summed E-state index contributed by atoms with van der Waals surface area (Å²) >= 11 is 0. The molecule has 226 valence electrons. The summed E-state index contributed by atoms with van der Waals surface area (Å²) in [5, 5.41) is 17.0. The molecule has 0 radical (unpaired) electrons. The van der Waals surface area contributed by atoms with Crippen molar-refractivity contribution in [3.05, 3.63) is 81.7 Å². The van der Waals surface area contributed by atoms with Crippen LogP contribution in [0.1, 0.15) is 22.5 Å². The highest BCUT2D eigenvalue weighted by Crippen LogP contribution is 2.34. The van der Waals surface area contributed by atoms with Gasteiger partial charge >= 0.3 is 30.4 Å². The molecule has 22 heteroatoms. The predicted molar refractivity (Wildman–Crippen MR) is 114 cm³/mol. The maximum absolute atomic E-state index is 12.5. The second-order valence-corrected chi connectivity index (χ2v) is 7.74. The lowest BCUT2D eigenvalue weighted by Crippen LogP contribution is -2.11. The third-order valence-electron chi connectivity index (χ3n) is 4.79. The molecule has 0 saturated heterocycles. The smallest absolute Gasteiger partial charge is 0.396 e. The number of hydrogen-bond acceptors (Lipinski definition) is 7. The van der Waals surface area contributed by atoms with Crippen LogP contribution in [-0.4, -0.2) is 34.5 Å². The van der Waals surface area contributed by atoms with Crippen LogP contribution in [0.15, 0.2) is 49.1 Å². The molecule has 0 bridgehead atoms. The van der Waals surface area contributed by atoms with Crippen LogP contribution in [0.5, 0.6) is 0 Å². The first-order valence-electron chi connectivity index (χ1n) is 10.4. The van der Waals surface area contributed by atoms with Crippen molar-refractivity contribution in [1.82, 2.24) is 29.5 Å². The number of alkyl halides is 12. The van der Waals surface area contributed by atoms with Gasteiger partial charge in [-0.25, -0.2) is 19.3 Å². The predicted octanol–water partition coefficient (Wildman–Crippen LogP) is 6.10. The summed E-state index contributed by atoms with van der Waals surface area (Å²) in [6, 6.07) is 1.94. The number of nitrogen functional groups attached to an aromatic ring is 1. The van der Waals surface area contributed by atoms with Gasteiger partial charge in [-0.3, -0.25) is 10.1 Å². The van der Waals surface area contributed by atoms with Gasteiger partial charge in [-0.05, 0) is 18.2 Å². The van der Waals surface area contributed by atoms with Gasteiger partial charge in [-0.15, -0.1) is 0 Å². The van der Waals surface area contributed by atoms with E-state index in [1.807, 2.05) is 0 Å². The Labute approximate surface area is 223 Å². The molecule has 0 atom stereocenters. The van der Waals surface area contributed by atoms with Crippen molar-refractivity contribution in [3.8, 4) is 11.6 Å². The van der Waals surface area contributed by atoms with Crippen LogP contribution in [0.25, 0.3) is 11.6 Å². The number of hydrogen-bond donors (Lipinski definition) is 1. The summed E-state index contributed by atoms with van der Waals surface area (Å²) in [6.07, 6.45) is -16.6. The van der Waals surface area contributed by atoms with Crippen molar-refractivity contribution in [2.24, 2.45) is 0 Å². The SMILES string of the molecule is Nc1cc(C(F)(F)F)cnc1-n1ccc(C(F)(F)F)n1.O=[N+]([O-])c1cc(C(F)(F)F)cnc1-n1ccc(C(F)(F)F)n1. The quantitative estimate of drug-likeness (QED) is 0.166. The van der Waals surface area contributed by atoms with E-state index in [9.17, 15) is 62.8 Å². The molecule has 10 nitrogen and oxygen atoms in total. The summed E-state index contributed by atoms with van der Waals surface area (Å²) < 4.78 is 150. The van der Waals surface area contributed by atoms with Crippen LogP contribution in [-0.2, 0) is 24.7 Å². The first kappa shape index (κ1) is 31.6. The Bertz CT molecular complexity index is 1590. The fourth-order valence-electron chi connectivity index (χ4n) is 2.92. The van der Waals surface area contributed by atoms with Crippen molar-refractivity contribution in [3.63, 3.8) is 0 Å². The maximum atomic E-state index is 12.5. The lowest BCUT2D eigenvalue weighted by atomic mass is 10.2.